The molecule has 8 aromatic heterocycles. The van der Waals surface area contributed by atoms with Gasteiger partial charge in [0.15, 0.2) is 51.4 Å². The van der Waals surface area contributed by atoms with E-state index in [1.807, 2.05) is 4.57 Å². The summed E-state index contributed by atoms with van der Waals surface area (Å²) in [6, 6.07) is 19.5. The molecule has 34 heteroatoms. The smallest absolute Gasteiger partial charge is 0.327 e. The molecule has 10 heterocycles. The molecular formula is C71H106Br2N24O8. The van der Waals surface area contributed by atoms with E-state index < -0.39 is 0 Å². The lowest BCUT2D eigenvalue weighted by Gasteiger charge is -2.34. The fraction of sp³-hybridized carbons (Fsp3) is 0.549. The average Bonchev–Trinajstić information content (AvgIpc) is 1.65. The van der Waals surface area contributed by atoms with Gasteiger partial charge in [-0.15, -0.1) is 0 Å². The lowest BCUT2D eigenvalue weighted by atomic mass is 10.1. The van der Waals surface area contributed by atoms with Gasteiger partial charge in [0.25, 0.3) is 12.0 Å². The van der Waals surface area contributed by atoms with Crippen LogP contribution in [-0.4, -0.2) is 203 Å². The second-order valence-corrected chi connectivity index (χ2v) is 26.9. The molecular weight excluding hydrogens is 1480 g/mol. The second kappa shape index (κ2) is 42.9. The molecule has 0 amide bonds. The van der Waals surface area contributed by atoms with Crippen molar-refractivity contribution < 1.29 is 28.4 Å². The highest BCUT2D eigenvalue weighted by Crippen LogP contribution is 2.27. The number of nitrogens with two attached hydrogens (primary N) is 4. The molecule has 32 nitrogen and oxygen atoms in total. The van der Waals surface area contributed by atoms with Gasteiger partial charge in [-0.3, -0.25) is 23.5 Å². The third kappa shape index (κ3) is 24.6. The van der Waals surface area contributed by atoms with Crippen molar-refractivity contribution in [1.82, 2.24) is 98.5 Å². The fourth-order valence-electron chi connectivity index (χ4n) is 11.1. The Morgan fingerprint density at radius 1 is 0.429 bits per heavy atom. The topological polar surface area (TPSA) is 406 Å². The standard InChI is InChI=1S/C24H35N7O2.C13H20BrN5O2.C12H18BrN5O2.C12H18N2.C10H15N5O2/c1-3-4-16-33-23-27-21(25)20-22(28-23)31(24(32)26-20)11-5-10-29-12-14-30(15-13-29)17-19-8-6-18(2)7-9-19;1-3-4-8-21-12-17-10(15)9-11(18-12)19(7-5-6-14)13(16-9)20-2;1-2-3-7-20-11-16-9(14)8-10(17-11)18(6-4-5-13)12(19)15-8;1-11-2-4-12(5-3-11)10-14-8-6-13-7-9-14;1-3-4-5-17-10-13-7(11)6-8(15-10)14-9(12-6)16-2/h6-9H,3-5,10-17H2,1-2H3,(H,26,32)(H2,25,27,28);3-8H2,1-2H3,(H2,15,17,18);2-7H2,1H3,(H,15,19)(H2,14,16,17);2-5,13H,6-10H2,1H3;3-5H2,1-2H3,(H3,11,12,13,14,15). The third-order valence-corrected chi connectivity index (χ3v) is 18.2. The van der Waals surface area contributed by atoms with Crippen molar-refractivity contribution in [1.29, 1.82) is 0 Å². The molecule has 2 aliphatic heterocycles. The van der Waals surface area contributed by atoms with E-state index in [2.05, 4.69) is 207 Å². The molecule has 12 rings (SSSR count). The van der Waals surface area contributed by atoms with Crippen molar-refractivity contribution in [2.75, 3.05) is 133 Å². The molecule has 12 N–H and O–H groups in total. The van der Waals surface area contributed by atoms with Crippen LogP contribution >= 0.6 is 31.9 Å². The number of rotatable bonds is 32. The number of benzene rings is 2. The summed E-state index contributed by atoms with van der Waals surface area (Å²) in [4.78, 5) is 82.4. The van der Waals surface area contributed by atoms with Gasteiger partial charge in [0.2, 0.25) is 0 Å². The van der Waals surface area contributed by atoms with Crippen LogP contribution in [0.5, 0.6) is 36.1 Å². The number of piperazine rings is 2. The lowest BCUT2D eigenvalue weighted by Crippen LogP contribution is -2.46. The van der Waals surface area contributed by atoms with E-state index in [4.69, 9.17) is 51.4 Å². The Morgan fingerprint density at radius 3 is 1.29 bits per heavy atom. The minimum absolute atomic E-state index is 0.209. The Kier molecular flexibility index (Phi) is 33.3. The van der Waals surface area contributed by atoms with E-state index in [-0.39, 0.29) is 47.1 Å². The Hall–Kier alpha value is -8.96. The van der Waals surface area contributed by atoms with Crippen LogP contribution in [0.3, 0.4) is 0 Å². The normalized spacial score (nSPS) is 13.3. The number of aryl methyl sites for hydroxylation is 5. The summed E-state index contributed by atoms with van der Waals surface area (Å²) in [6.45, 7) is 28.6. The Morgan fingerprint density at radius 2 is 0.838 bits per heavy atom. The SMILES string of the molecule is CCCCOc1nc(N)c2[nH]c(=O)n(CCCBr)c2n1.CCCCOc1nc(N)c2[nH]c(=O)n(CCCN3CCN(Cc4ccc(C)cc4)CC3)c2n1.CCCCOc1nc(N)c2[nH]c(OC)nc2n1.CCCCOc1nc(N)c2nc(OC)n(CCCBr)c2n1.Cc1ccc(CN2CCNCC2)cc1. The summed E-state index contributed by atoms with van der Waals surface area (Å²) in [5.41, 5.74) is 32.8. The summed E-state index contributed by atoms with van der Waals surface area (Å²) >= 11 is 6.77. The van der Waals surface area contributed by atoms with Gasteiger partial charge in [0.05, 0.1) is 40.6 Å². The van der Waals surface area contributed by atoms with Gasteiger partial charge in [-0.2, -0.15) is 49.8 Å². The molecule has 0 spiro atoms. The van der Waals surface area contributed by atoms with Crippen molar-refractivity contribution in [3.05, 3.63) is 91.8 Å². The molecule has 2 aromatic carbocycles. The summed E-state index contributed by atoms with van der Waals surface area (Å²) in [5.74, 6) is 1.09. The first-order valence-electron chi connectivity index (χ1n) is 36.3. The zero-order valence-corrected chi connectivity index (χ0v) is 65.2. The monoisotopic (exact) mass is 1580 g/mol. The number of ether oxygens (including phenoxy) is 6. The minimum atomic E-state index is -0.229. The number of imidazole rings is 4. The lowest BCUT2D eigenvalue weighted by molar-refractivity contribution is 0.125. The zero-order chi connectivity index (χ0) is 75.0. The summed E-state index contributed by atoms with van der Waals surface area (Å²) in [7, 11) is 3.09. The van der Waals surface area contributed by atoms with Crippen molar-refractivity contribution >= 4 is 99.8 Å². The number of H-pyrrole nitrogens is 3. The van der Waals surface area contributed by atoms with E-state index in [9.17, 15) is 9.59 Å². The summed E-state index contributed by atoms with van der Waals surface area (Å²) in [6.07, 6.45) is 10.5. The molecule has 2 saturated heterocycles. The number of hydrogen-bond donors (Lipinski definition) is 8. The number of hydrogen-bond acceptors (Lipinski definition) is 26. The molecule has 0 radical (unpaired) electrons. The van der Waals surface area contributed by atoms with Crippen molar-refractivity contribution in [3.63, 3.8) is 0 Å². The molecule has 572 valence electrons. The maximum absolute atomic E-state index is 12.5. The van der Waals surface area contributed by atoms with Crippen LogP contribution in [0.2, 0.25) is 0 Å². The third-order valence-electron chi connectivity index (χ3n) is 17.1. The van der Waals surface area contributed by atoms with Crippen LogP contribution in [-0.2, 0) is 32.7 Å². The molecule has 0 aliphatic carbocycles. The molecule has 0 unspecified atom stereocenters. The molecule has 0 saturated carbocycles. The highest BCUT2D eigenvalue weighted by atomic mass is 79.9. The largest absolute Gasteiger partial charge is 0.468 e. The molecule has 2 fully saturated rings. The van der Waals surface area contributed by atoms with Gasteiger partial charge >= 0.3 is 35.4 Å². The van der Waals surface area contributed by atoms with Gasteiger partial charge in [-0.1, -0.05) is 145 Å². The number of nitrogens with one attached hydrogen (secondary N) is 4. The molecule has 2 aliphatic rings. The second-order valence-electron chi connectivity index (χ2n) is 25.4. The number of fused-ring (bicyclic) bond motifs is 4. The van der Waals surface area contributed by atoms with Crippen LogP contribution in [0, 0.1) is 13.8 Å². The minimum Gasteiger partial charge on any atom is -0.468 e. The Labute approximate surface area is 629 Å². The van der Waals surface area contributed by atoms with E-state index in [1.54, 1.807) is 16.2 Å². The number of aromatic amines is 3. The number of unbranched alkanes of at least 4 members (excludes halogenated alkanes) is 4. The highest BCUT2D eigenvalue weighted by Gasteiger charge is 2.22. The molecule has 105 heavy (non-hydrogen) atoms. The van der Waals surface area contributed by atoms with E-state index in [0.29, 0.717) is 108 Å². The molecule has 0 bridgehead atoms. The maximum Gasteiger partial charge on any atom is 0.327 e. The number of anilines is 4. The predicted molar refractivity (Wildman–Crippen MR) is 419 cm³/mol. The van der Waals surface area contributed by atoms with Gasteiger partial charge in [-0.05, 0) is 76.5 Å². The summed E-state index contributed by atoms with van der Waals surface area (Å²) < 4.78 is 37.4. The van der Waals surface area contributed by atoms with Crippen LogP contribution in [0.4, 0.5) is 23.3 Å². The van der Waals surface area contributed by atoms with E-state index in [1.165, 1.54) is 42.5 Å². The van der Waals surface area contributed by atoms with Crippen LogP contribution in [0.15, 0.2) is 58.1 Å². The van der Waals surface area contributed by atoms with Crippen LogP contribution in [0.25, 0.3) is 44.7 Å². The van der Waals surface area contributed by atoms with Gasteiger partial charge in [0, 0.05) is 95.7 Å². The summed E-state index contributed by atoms with van der Waals surface area (Å²) in [5, 5.41) is 5.07. The number of methoxy groups -OCH3 is 2. The predicted octanol–water partition coefficient (Wildman–Crippen LogP) is 8.97. The first-order chi connectivity index (χ1) is 51.0. The first-order valence-corrected chi connectivity index (χ1v) is 38.5. The number of nitrogens with zero attached hydrogens (tertiary/aromatic N) is 16. The van der Waals surface area contributed by atoms with Gasteiger partial charge in [0.1, 0.15) is 16.6 Å². The number of aromatic nitrogens is 16. The molecule has 0 atom stereocenters. The van der Waals surface area contributed by atoms with E-state index in [0.717, 1.165) is 147 Å². The van der Waals surface area contributed by atoms with Crippen LogP contribution < -0.4 is 68.1 Å². The number of alkyl halides is 2. The van der Waals surface area contributed by atoms with Crippen molar-refractivity contribution in [2.24, 2.45) is 0 Å². The number of halogens is 2. The zero-order valence-electron chi connectivity index (χ0n) is 62.0. The van der Waals surface area contributed by atoms with E-state index >= 15 is 0 Å². The molecule has 10 aromatic rings. The van der Waals surface area contributed by atoms with Crippen LogP contribution in [0.1, 0.15) is 121 Å². The van der Waals surface area contributed by atoms with Crippen molar-refractivity contribution in [3.8, 4) is 36.1 Å². The Bertz CT molecular complexity index is 4360. The van der Waals surface area contributed by atoms with Crippen molar-refractivity contribution in [2.45, 2.75) is 145 Å². The highest BCUT2D eigenvalue weighted by molar-refractivity contribution is 9.09. The fourth-order valence-corrected chi connectivity index (χ4v) is 11.6. The Balaban J connectivity index is 0.000000172. The average molecular weight is 1580 g/mol. The quantitative estimate of drug-likeness (QED) is 0.0144. The van der Waals surface area contributed by atoms with Gasteiger partial charge < -0.3 is 76.5 Å². The van der Waals surface area contributed by atoms with Gasteiger partial charge in [-0.25, -0.2) is 9.59 Å². The maximum atomic E-state index is 12.5. The first kappa shape index (κ1) is 81.7. The number of nitrogen functional groups attached to an aromatic ring is 4.